The molecule has 2 aliphatic rings. The van der Waals surface area contributed by atoms with Crippen LogP contribution in [0.3, 0.4) is 0 Å². The lowest BCUT2D eigenvalue weighted by molar-refractivity contribution is -0.143. The molecule has 6 heteroatoms. The minimum atomic E-state index is -0.773. The summed E-state index contributed by atoms with van der Waals surface area (Å²) < 4.78 is 13.2. The molecule has 1 heterocycles. The summed E-state index contributed by atoms with van der Waals surface area (Å²) in [6, 6.07) is 5.76. The number of piperidine rings is 1. The van der Waals surface area contributed by atoms with Gasteiger partial charge in [-0.05, 0) is 43.4 Å². The van der Waals surface area contributed by atoms with Crippen molar-refractivity contribution in [1.29, 1.82) is 0 Å². The summed E-state index contributed by atoms with van der Waals surface area (Å²) in [5, 5.41) is 12.1. The number of likely N-dealkylation sites (tertiary alicyclic amines) is 1. The van der Waals surface area contributed by atoms with Crippen LogP contribution in [0, 0.1) is 11.7 Å². The van der Waals surface area contributed by atoms with Gasteiger partial charge in [-0.15, -0.1) is 0 Å². The second-order valence-corrected chi connectivity index (χ2v) is 6.39. The molecule has 1 unspecified atom stereocenters. The molecule has 2 fully saturated rings. The third-order valence-electron chi connectivity index (χ3n) is 4.60. The third-order valence-corrected chi connectivity index (χ3v) is 4.60. The number of carbonyl (C=O) groups excluding carboxylic acids is 1. The predicted octanol–water partition coefficient (Wildman–Crippen LogP) is 1.94. The number of benzene rings is 1. The van der Waals surface area contributed by atoms with E-state index in [9.17, 15) is 14.0 Å². The van der Waals surface area contributed by atoms with Crippen LogP contribution in [0.4, 0.5) is 4.39 Å². The molecule has 3 rings (SSSR count). The average molecular weight is 320 g/mol. The van der Waals surface area contributed by atoms with Crippen molar-refractivity contribution in [2.75, 3.05) is 13.1 Å². The number of hydrogen-bond acceptors (Lipinski definition) is 3. The van der Waals surface area contributed by atoms with Gasteiger partial charge >= 0.3 is 5.97 Å². The van der Waals surface area contributed by atoms with Crippen molar-refractivity contribution >= 4 is 11.9 Å². The molecule has 0 aromatic heterocycles. The maximum atomic E-state index is 13.2. The van der Waals surface area contributed by atoms with Gasteiger partial charge in [-0.25, -0.2) is 4.39 Å². The zero-order valence-corrected chi connectivity index (χ0v) is 12.9. The fourth-order valence-electron chi connectivity index (χ4n) is 3.09. The van der Waals surface area contributed by atoms with E-state index in [0.29, 0.717) is 25.9 Å². The van der Waals surface area contributed by atoms with Crippen LogP contribution < -0.4 is 5.32 Å². The molecule has 1 aliphatic heterocycles. The lowest BCUT2D eigenvalue weighted by Gasteiger charge is -2.36. The molecule has 1 aromatic carbocycles. The molecule has 5 nitrogen and oxygen atoms in total. The number of halogens is 1. The normalized spacial score (nSPS) is 20.9. The molecular formula is C17H21FN2O3. The van der Waals surface area contributed by atoms with Crippen LogP contribution >= 0.6 is 0 Å². The second-order valence-electron chi connectivity index (χ2n) is 6.39. The Hall–Kier alpha value is -1.95. The van der Waals surface area contributed by atoms with Crippen molar-refractivity contribution in [3.63, 3.8) is 0 Å². The number of nitrogens with one attached hydrogen (secondary N) is 1. The van der Waals surface area contributed by atoms with Crippen LogP contribution in [0.1, 0.15) is 37.3 Å². The quantitative estimate of drug-likeness (QED) is 0.870. The average Bonchev–Trinajstić information content (AvgIpc) is 3.34. The van der Waals surface area contributed by atoms with E-state index >= 15 is 0 Å². The van der Waals surface area contributed by atoms with Gasteiger partial charge in [0.1, 0.15) is 11.9 Å². The summed E-state index contributed by atoms with van der Waals surface area (Å²) >= 11 is 0. The summed E-state index contributed by atoms with van der Waals surface area (Å²) in [5.74, 6) is -1.52. The zero-order valence-electron chi connectivity index (χ0n) is 12.9. The number of rotatable bonds is 5. The highest BCUT2D eigenvalue weighted by atomic mass is 19.1. The number of nitrogens with zero attached hydrogens (tertiary/aromatic N) is 1. The highest BCUT2D eigenvalue weighted by Crippen LogP contribution is 2.29. The number of amides is 1. The van der Waals surface area contributed by atoms with Gasteiger partial charge in [0.15, 0.2) is 0 Å². The SMILES string of the molecule is O=C(O)C1CCN(C(C(=O)NC2CC2)c2ccc(F)cc2)CC1. The van der Waals surface area contributed by atoms with Crippen LogP contribution in [-0.4, -0.2) is 41.0 Å². The molecule has 124 valence electrons. The van der Waals surface area contributed by atoms with E-state index in [1.165, 1.54) is 12.1 Å². The van der Waals surface area contributed by atoms with Crippen LogP contribution in [0.25, 0.3) is 0 Å². The van der Waals surface area contributed by atoms with Gasteiger partial charge in [-0.2, -0.15) is 0 Å². The Bertz CT molecular complexity index is 578. The van der Waals surface area contributed by atoms with Gasteiger partial charge in [0.2, 0.25) is 5.91 Å². The molecule has 1 atom stereocenters. The van der Waals surface area contributed by atoms with Crippen LogP contribution in [0.15, 0.2) is 24.3 Å². The zero-order chi connectivity index (χ0) is 16.4. The molecular weight excluding hydrogens is 299 g/mol. The molecule has 1 aliphatic carbocycles. The molecule has 1 saturated heterocycles. The Balaban J connectivity index is 1.76. The van der Waals surface area contributed by atoms with Gasteiger partial charge < -0.3 is 10.4 Å². The van der Waals surface area contributed by atoms with E-state index in [4.69, 9.17) is 5.11 Å². The van der Waals surface area contributed by atoms with E-state index in [-0.39, 0.29) is 23.7 Å². The monoisotopic (exact) mass is 320 g/mol. The third kappa shape index (κ3) is 3.88. The van der Waals surface area contributed by atoms with Crippen molar-refractivity contribution in [3.8, 4) is 0 Å². The van der Waals surface area contributed by atoms with E-state index in [0.717, 1.165) is 18.4 Å². The second kappa shape index (κ2) is 6.66. The molecule has 1 amide bonds. The largest absolute Gasteiger partial charge is 0.481 e. The lowest BCUT2D eigenvalue weighted by Crippen LogP contribution is -2.45. The van der Waals surface area contributed by atoms with Crippen molar-refractivity contribution in [2.24, 2.45) is 5.92 Å². The molecule has 0 radical (unpaired) electrons. The van der Waals surface area contributed by atoms with Crippen molar-refractivity contribution in [3.05, 3.63) is 35.6 Å². The smallest absolute Gasteiger partial charge is 0.306 e. The number of aliphatic carboxylic acids is 1. The Morgan fingerprint density at radius 2 is 1.74 bits per heavy atom. The molecule has 0 spiro atoms. The molecule has 2 N–H and O–H groups in total. The first kappa shape index (κ1) is 15.9. The summed E-state index contributed by atoms with van der Waals surface area (Å²) in [7, 11) is 0. The number of hydrogen-bond donors (Lipinski definition) is 2. The van der Waals surface area contributed by atoms with Crippen LogP contribution in [0.2, 0.25) is 0 Å². The molecule has 1 aromatic rings. The Kier molecular flexibility index (Phi) is 4.61. The highest BCUT2D eigenvalue weighted by Gasteiger charge is 2.35. The fourth-order valence-corrected chi connectivity index (χ4v) is 3.09. The Morgan fingerprint density at radius 1 is 1.13 bits per heavy atom. The first-order valence-corrected chi connectivity index (χ1v) is 8.07. The summed E-state index contributed by atoms with van der Waals surface area (Å²) in [6.45, 7) is 1.11. The predicted molar refractivity (Wildman–Crippen MR) is 82.2 cm³/mol. The minimum absolute atomic E-state index is 0.0760. The Morgan fingerprint density at radius 3 is 2.26 bits per heavy atom. The van der Waals surface area contributed by atoms with E-state index in [1.807, 2.05) is 4.90 Å². The van der Waals surface area contributed by atoms with Gasteiger partial charge in [0.05, 0.1) is 5.92 Å². The fraction of sp³-hybridized carbons (Fsp3) is 0.529. The number of carboxylic acids is 1. The maximum Gasteiger partial charge on any atom is 0.306 e. The van der Waals surface area contributed by atoms with Gasteiger partial charge in [-0.3, -0.25) is 14.5 Å². The van der Waals surface area contributed by atoms with Crippen LogP contribution in [0.5, 0.6) is 0 Å². The first-order valence-electron chi connectivity index (χ1n) is 8.07. The lowest BCUT2D eigenvalue weighted by atomic mass is 9.94. The summed E-state index contributed by atoms with van der Waals surface area (Å²) in [5.41, 5.74) is 0.748. The number of carbonyl (C=O) groups is 2. The van der Waals surface area contributed by atoms with Crippen LogP contribution in [-0.2, 0) is 9.59 Å². The first-order chi connectivity index (χ1) is 11.0. The van der Waals surface area contributed by atoms with E-state index in [1.54, 1.807) is 12.1 Å². The van der Waals surface area contributed by atoms with Crippen molar-refractivity contribution < 1.29 is 19.1 Å². The Labute approximate surface area is 134 Å². The van der Waals surface area contributed by atoms with E-state index in [2.05, 4.69) is 5.32 Å². The molecule has 1 saturated carbocycles. The maximum absolute atomic E-state index is 13.2. The van der Waals surface area contributed by atoms with Gasteiger partial charge in [-0.1, -0.05) is 12.1 Å². The summed E-state index contributed by atoms with van der Waals surface area (Å²) in [6.07, 6.45) is 3.07. The number of carboxylic acid groups (broad SMARTS) is 1. The topological polar surface area (TPSA) is 69.6 Å². The standard InChI is InChI=1S/C17H21FN2O3/c18-13-3-1-11(2-4-13)15(16(21)19-14-5-6-14)20-9-7-12(8-10-20)17(22)23/h1-4,12,14-15H,5-10H2,(H,19,21)(H,22,23). The van der Waals surface area contributed by atoms with Gasteiger partial charge in [0.25, 0.3) is 0 Å². The van der Waals surface area contributed by atoms with Gasteiger partial charge in [0, 0.05) is 19.1 Å². The van der Waals surface area contributed by atoms with E-state index < -0.39 is 12.0 Å². The molecule has 0 bridgehead atoms. The highest BCUT2D eigenvalue weighted by molar-refractivity contribution is 5.83. The van der Waals surface area contributed by atoms with Crippen molar-refractivity contribution in [1.82, 2.24) is 10.2 Å². The molecule has 23 heavy (non-hydrogen) atoms. The van der Waals surface area contributed by atoms with Crippen molar-refractivity contribution in [2.45, 2.75) is 37.8 Å². The minimum Gasteiger partial charge on any atom is -0.481 e. The summed E-state index contributed by atoms with van der Waals surface area (Å²) in [4.78, 5) is 25.7.